The Kier molecular flexibility index (Phi) is 4.86. The lowest BCUT2D eigenvalue weighted by molar-refractivity contribution is 0.340. The van der Waals surface area contributed by atoms with Gasteiger partial charge in [0.15, 0.2) is 9.84 Å². The van der Waals surface area contributed by atoms with E-state index in [1.807, 2.05) is 0 Å². The zero-order valence-corrected chi connectivity index (χ0v) is 13.2. The highest BCUT2D eigenvalue weighted by molar-refractivity contribution is 9.10. The second kappa shape index (κ2) is 6.24. The number of nitrogen functional groups attached to an aromatic ring is 1. The first-order chi connectivity index (χ1) is 8.99. The summed E-state index contributed by atoms with van der Waals surface area (Å²) in [7, 11) is -3.29. The highest BCUT2D eigenvalue weighted by Gasteiger charge is 2.19. The predicted octanol–water partition coefficient (Wildman–Crippen LogP) is 2.29. The van der Waals surface area contributed by atoms with Crippen molar-refractivity contribution >= 4 is 31.5 Å². The molecule has 0 atom stereocenters. The van der Waals surface area contributed by atoms with Crippen LogP contribution in [0.15, 0.2) is 27.6 Å². The van der Waals surface area contributed by atoms with E-state index in [4.69, 9.17) is 5.73 Å². The molecule has 0 radical (unpaired) electrons. The predicted molar refractivity (Wildman–Crippen MR) is 80.9 cm³/mol. The van der Waals surface area contributed by atoms with E-state index < -0.39 is 9.84 Å². The lowest BCUT2D eigenvalue weighted by Gasteiger charge is -2.14. The van der Waals surface area contributed by atoms with Gasteiger partial charge in [-0.1, -0.05) is 15.9 Å². The molecule has 0 unspecified atom stereocenters. The molecule has 1 fully saturated rings. The number of rotatable bonds is 5. The van der Waals surface area contributed by atoms with E-state index in [1.165, 1.54) is 12.8 Å². The number of halogens is 1. The molecule has 0 aliphatic carbocycles. The molecule has 19 heavy (non-hydrogen) atoms. The minimum absolute atomic E-state index is 0.157. The number of likely N-dealkylation sites (tertiary alicyclic amines) is 1. The normalized spacial score (nSPS) is 16.9. The van der Waals surface area contributed by atoms with Crippen molar-refractivity contribution in [2.24, 2.45) is 0 Å². The van der Waals surface area contributed by atoms with Crippen LogP contribution in [0, 0.1) is 0 Å². The van der Waals surface area contributed by atoms with Gasteiger partial charge in [0.1, 0.15) is 0 Å². The van der Waals surface area contributed by atoms with Crippen molar-refractivity contribution in [1.29, 1.82) is 0 Å². The lowest BCUT2D eigenvalue weighted by atomic mass is 10.3. The van der Waals surface area contributed by atoms with Gasteiger partial charge in [0, 0.05) is 4.47 Å². The summed E-state index contributed by atoms with van der Waals surface area (Å²) < 4.78 is 25.3. The molecule has 2 N–H and O–H groups in total. The molecule has 0 spiro atoms. The number of anilines is 1. The number of hydrogen-bond acceptors (Lipinski definition) is 4. The lowest BCUT2D eigenvalue weighted by Crippen LogP contribution is -2.22. The molecule has 1 aliphatic heterocycles. The summed E-state index contributed by atoms with van der Waals surface area (Å²) in [6.45, 7) is 3.05. The molecule has 0 saturated carbocycles. The maximum Gasteiger partial charge on any atom is 0.180 e. The zero-order valence-electron chi connectivity index (χ0n) is 10.8. The maximum absolute atomic E-state index is 12.3. The third-order valence-corrected chi connectivity index (χ3v) is 5.74. The van der Waals surface area contributed by atoms with Crippen LogP contribution in [-0.2, 0) is 9.84 Å². The molecule has 1 heterocycles. The minimum atomic E-state index is -3.29. The highest BCUT2D eigenvalue weighted by atomic mass is 79.9. The highest BCUT2D eigenvalue weighted by Crippen LogP contribution is 2.24. The van der Waals surface area contributed by atoms with E-state index >= 15 is 0 Å². The summed E-state index contributed by atoms with van der Waals surface area (Å²) in [4.78, 5) is 2.56. The molecule has 0 aromatic heterocycles. The Bertz CT molecular complexity index is 540. The van der Waals surface area contributed by atoms with Crippen LogP contribution in [0.2, 0.25) is 0 Å². The van der Waals surface area contributed by atoms with E-state index in [2.05, 4.69) is 20.8 Å². The largest absolute Gasteiger partial charge is 0.398 e. The second-order valence-corrected chi connectivity index (χ2v) is 7.90. The van der Waals surface area contributed by atoms with Crippen molar-refractivity contribution in [1.82, 2.24) is 4.90 Å². The Morgan fingerprint density at radius 2 is 1.95 bits per heavy atom. The standard InChI is InChI=1S/C13H19BrN2O2S/c14-11-4-5-12(15)13(10-11)19(17,18)9-3-8-16-6-1-2-7-16/h4-5,10H,1-3,6-9,15H2. The summed E-state index contributed by atoms with van der Waals surface area (Å²) in [6.07, 6.45) is 3.12. The smallest absolute Gasteiger partial charge is 0.180 e. The van der Waals surface area contributed by atoms with Gasteiger partial charge in [-0.15, -0.1) is 0 Å². The van der Waals surface area contributed by atoms with Crippen molar-refractivity contribution < 1.29 is 8.42 Å². The first-order valence-electron chi connectivity index (χ1n) is 6.49. The molecule has 1 aromatic carbocycles. The van der Waals surface area contributed by atoms with Gasteiger partial charge in [-0.3, -0.25) is 0 Å². The summed E-state index contributed by atoms with van der Waals surface area (Å²) in [5.74, 6) is 0.157. The Labute approximate surface area is 123 Å². The molecular formula is C13H19BrN2O2S. The first kappa shape index (κ1) is 14.8. The topological polar surface area (TPSA) is 63.4 Å². The average molecular weight is 347 g/mol. The molecule has 2 rings (SSSR count). The van der Waals surface area contributed by atoms with Gasteiger partial charge in [0.05, 0.1) is 16.3 Å². The van der Waals surface area contributed by atoms with E-state index in [0.29, 0.717) is 12.1 Å². The van der Waals surface area contributed by atoms with Gasteiger partial charge in [-0.25, -0.2) is 8.42 Å². The van der Waals surface area contributed by atoms with Crippen molar-refractivity contribution in [3.63, 3.8) is 0 Å². The fourth-order valence-corrected chi connectivity index (χ4v) is 4.35. The van der Waals surface area contributed by atoms with Gasteiger partial charge in [0.25, 0.3) is 0 Å². The van der Waals surface area contributed by atoms with Crippen LogP contribution >= 0.6 is 15.9 Å². The van der Waals surface area contributed by atoms with Crippen molar-refractivity contribution in [2.75, 3.05) is 31.1 Å². The summed E-state index contributed by atoms with van der Waals surface area (Å²) in [5, 5.41) is 0. The zero-order chi connectivity index (χ0) is 13.9. The summed E-state index contributed by atoms with van der Waals surface area (Å²) in [6, 6.07) is 4.95. The van der Waals surface area contributed by atoms with Gasteiger partial charge in [-0.05, 0) is 57.1 Å². The Balaban J connectivity index is 1.99. The maximum atomic E-state index is 12.3. The van der Waals surface area contributed by atoms with Crippen LogP contribution < -0.4 is 5.73 Å². The molecule has 106 valence electrons. The molecule has 0 amide bonds. The van der Waals surface area contributed by atoms with Gasteiger partial charge >= 0.3 is 0 Å². The van der Waals surface area contributed by atoms with Crippen LogP contribution in [0.1, 0.15) is 19.3 Å². The van der Waals surface area contributed by atoms with Gasteiger partial charge in [-0.2, -0.15) is 0 Å². The van der Waals surface area contributed by atoms with Crippen molar-refractivity contribution in [2.45, 2.75) is 24.2 Å². The van der Waals surface area contributed by atoms with Gasteiger partial charge < -0.3 is 10.6 Å². The molecule has 4 nitrogen and oxygen atoms in total. The minimum Gasteiger partial charge on any atom is -0.398 e. The van der Waals surface area contributed by atoms with Crippen molar-refractivity contribution in [3.05, 3.63) is 22.7 Å². The monoisotopic (exact) mass is 346 g/mol. The van der Waals surface area contributed by atoms with Crippen LogP contribution in [0.3, 0.4) is 0 Å². The summed E-state index contributed by atoms with van der Waals surface area (Å²) >= 11 is 3.28. The Morgan fingerprint density at radius 1 is 1.26 bits per heavy atom. The quantitative estimate of drug-likeness (QED) is 0.830. The van der Waals surface area contributed by atoms with Crippen LogP contribution in [-0.4, -0.2) is 38.7 Å². The van der Waals surface area contributed by atoms with Crippen LogP contribution in [0.25, 0.3) is 0 Å². The van der Waals surface area contributed by atoms with E-state index in [1.54, 1.807) is 18.2 Å². The third kappa shape index (κ3) is 3.94. The van der Waals surface area contributed by atoms with Crippen molar-refractivity contribution in [3.8, 4) is 0 Å². The van der Waals surface area contributed by atoms with E-state index in [9.17, 15) is 8.42 Å². The number of nitrogens with two attached hydrogens (primary N) is 1. The SMILES string of the molecule is Nc1ccc(Br)cc1S(=O)(=O)CCCN1CCCC1. The molecule has 1 aromatic rings. The molecule has 1 saturated heterocycles. The number of sulfone groups is 1. The first-order valence-corrected chi connectivity index (χ1v) is 8.94. The Hall–Kier alpha value is -0.590. The second-order valence-electron chi connectivity index (χ2n) is 4.90. The third-order valence-electron chi connectivity index (χ3n) is 3.40. The molecule has 1 aliphatic rings. The molecule has 0 bridgehead atoms. The average Bonchev–Trinajstić information content (AvgIpc) is 2.85. The van der Waals surface area contributed by atoms with Gasteiger partial charge in [0.2, 0.25) is 0 Å². The van der Waals surface area contributed by atoms with Crippen LogP contribution in [0.5, 0.6) is 0 Å². The molecule has 6 heteroatoms. The fraction of sp³-hybridized carbons (Fsp3) is 0.538. The summed E-state index contributed by atoms with van der Waals surface area (Å²) in [5.41, 5.74) is 6.08. The van der Waals surface area contributed by atoms with Crippen LogP contribution in [0.4, 0.5) is 5.69 Å². The number of benzene rings is 1. The Morgan fingerprint density at radius 3 is 2.63 bits per heavy atom. The van der Waals surface area contributed by atoms with E-state index in [0.717, 1.165) is 24.1 Å². The number of nitrogens with zero attached hydrogens (tertiary/aromatic N) is 1. The number of hydrogen-bond donors (Lipinski definition) is 1. The molecular weight excluding hydrogens is 328 g/mol. The fourth-order valence-electron chi connectivity index (χ4n) is 2.37. The van der Waals surface area contributed by atoms with E-state index in [-0.39, 0.29) is 10.6 Å².